The summed E-state index contributed by atoms with van der Waals surface area (Å²) < 4.78 is 12.0. The molecule has 9 nitrogen and oxygen atoms in total. The van der Waals surface area contributed by atoms with E-state index in [4.69, 9.17) is 8.83 Å². The highest BCUT2D eigenvalue weighted by molar-refractivity contribution is 8.00. The van der Waals surface area contributed by atoms with Gasteiger partial charge in [-0.1, -0.05) is 29.2 Å². The highest BCUT2D eigenvalue weighted by atomic mass is 32.2. The Morgan fingerprint density at radius 3 is 2.91 bits per heavy atom. The number of anilines is 2. The normalized spacial score (nSPS) is 14.3. The van der Waals surface area contributed by atoms with Crippen LogP contribution in [0.15, 0.2) is 49.1 Å². The predicted octanol–water partition coefficient (Wildman–Crippen LogP) is 4.87. The fourth-order valence-electron chi connectivity index (χ4n) is 3.50. The summed E-state index contributed by atoms with van der Waals surface area (Å²) in [5.41, 5.74) is 0.214. The van der Waals surface area contributed by atoms with Crippen molar-refractivity contribution in [3.8, 4) is 17.7 Å². The highest BCUT2D eigenvalue weighted by Crippen LogP contribution is 2.33. The summed E-state index contributed by atoms with van der Waals surface area (Å²) in [6.45, 7) is 1.16. The standard InChI is InChI=1S/C21H18N6O3S3/c22-11-15-19(30-18(23-15)16-4-1-9-29-16)27-7-5-13(6-8-27)17(28)24-20-25-26-21(33-20)32-12-14-3-2-10-31-14/h1-4,9-10,13H,5-8,12H2,(H,24,25,28). The molecule has 12 heteroatoms. The zero-order valence-corrected chi connectivity index (χ0v) is 19.7. The summed E-state index contributed by atoms with van der Waals surface area (Å²) in [7, 11) is 0. The van der Waals surface area contributed by atoms with Crippen molar-refractivity contribution >= 4 is 51.4 Å². The minimum atomic E-state index is -0.148. The van der Waals surface area contributed by atoms with Crippen LogP contribution in [-0.4, -0.2) is 34.2 Å². The molecule has 0 aliphatic carbocycles. The lowest BCUT2D eigenvalue weighted by molar-refractivity contribution is -0.120. The number of piperidine rings is 1. The highest BCUT2D eigenvalue weighted by Gasteiger charge is 2.29. The van der Waals surface area contributed by atoms with Crippen molar-refractivity contribution in [2.75, 3.05) is 23.3 Å². The fourth-order valence-corrected chi connectivity index (χ4v) is 6.03. The number of furan rings is 1. The van der Waals surface area contributed by atoms with Crippen LogP contribution < -0.4 is 10.2 Å². The largest absolute Gasteiger partial charge is 0.459 e. The fraction of sp³-hybridized carbons (Fsp3) is 0.286. The van der Waals surface area contributed by atoms with Crippen LogP contribution in [0, 0.1) is 17.2 Å². The number of amides is 1. The van der Waals surface area contributed by atoms with E-state index in [0.29, 0.717) is 42.7 Å². The van der Waals surface area contributed by atoms with Gasteiger partial charge in [0.25, 0.3) is 5.89 Å². The van der Waals surface area contributed by atoms with Crippen LogP contribution >= 0.6 is 34.4 Å². The number of thiophene rings is 1. The van der Waals surface area contributed by atoms with Crippen molar-refractivity contribution in [1.82, 2.24) is 15.2 Å². The summed E-state index contributed by atoms with van der Waals surface area (Å²) >= 11 is 4.71. The van der Waals surface area contributed by atoms with Gasteiger partial charge in [0.2, 0.25) is 22.6 Å². The van der Waals surface area contributed by atoms with Gasteiger partial charge in [-0.3, -0.25) is 4.79 Å². The molecule has 1 aliphatic rings. The summed E-state index contributed by atoms with van der Waals surface area (Å²) in [5, 5.41) is 23.2. The van der Waals surface area contributed by atoms with Crippen LogP contribution in [0.4, 0.5) is 11.0 Å². The first-order chi connectivity index (χ1) is 16.2. The average Bonchev–Trinajstić information content (AvgIpc) is 3.64. The third-order valence-corrected chi connectivity index (χ3v) is 8.23. The van der Waals surface area contributed by atoms with E-state index in [0.717, 1.165) is 10.1 Å². The van der Waals surface area contributed by atoms with E-state index in [1.165, 1.54) is 22.5 Å². The number of hydrogen-bond acceptors (Lipinski definition) is 11. The van der Waals surface area contributed by atoms with Crippen LogP contribution in [0.3, 0.4) is 0 Å². The molecule has 0 aromatic carbocycles. The lowest BCUT2D eigenvalue weighted by Gasteiger charge is -2.30. The van der Waals surface area contributed by atoms with Crippen LogP contribution in [0.5, 0.6) is 0 Å². The maximum Gasteiger partial charge on any atom is 0.266 e. The van der Waals surface area contributed by atoms with E-state index < -0.39 is 0 Å². The van der Waals surface area contributed by atoms with E-state index in [1.807, 2.05) is 11.0 Å². The predicted molar refractivity (Wildman–Crippen MR) is 126 cm³/mol. The van der Waals surface area contributed by atoms with Gasteiger partial charge in [0, 0.05) is 29.6 Å². The zero-order valence-electron chi connectivity index (χ0n) is 17.3. The molecule has 4 aromatic rings. The maximum absolute atomic E-state index is 12.8. The summed E-state index contributed by atoms with van der Waals surface area (Å²) in [4.78, 5) is 20.2. The SMILES string of the molecule is N#Cc1nc(-c2ccco2)oc1N1CCC(C(=O)Nc2nnc(SCc3cccs3)s2)CC1. The Balaban J connectivity index is 1.15. The van der Waals surface area contributed by atoms with Crippen molar-refractivity contribution in [2.45, 2.75) is 22.9 Å². The molecule has 0 bridgehead atoms. The topological polar surface area (TPSA) is 121 Å². The molecule has 5 rings (SSSR count). The number of nitrogens with one attached hydrogen (secondary N) is 1. The second kappa shape index (κ2) is 9.78. The lowest BCUT2D eigenvalue weighted by Crippen LogP contribution is -2.38. The number of rotatable bonds is 7. The van der Waals surface area contributed by atoms with Gasteiger partial charge in [0.1, 0.15) is 6.07 Å². The Bertz CT molecular complexity index is 1250. The van der Waals surface area contributed by atoms with E-state index in [-0.39, 0.29) is 23.4 Å². The van der Waals surface area contributed by atoms with Gasteiger partial charge in [-0.2, -0.15) is 10.2 Å². The Morgan fingerprint density at radius 2 is 2.18 bits per heavy atom. The molecule has 1 fully saturated rings. The molecule has 0 unspecified atom stereocenters. The summed E-state index contributed by atoms with van der Waals surface area (Å²) in [5.74, 6) is 1.79. The van der Waals surface area contributed by atoms with Gasteiger partial charge < -0.3 is 19.1 Å². The van der Waals surface area contributed by atoms with Gasteiger partial charge >= 0.3 is 0 Å². The molecule has 1 N–H and O–H groups in total. The van der Waals surface area contributed by atoms with Crippen LogP contribution in [0.25, 0.3) is 11.7 Å². The molecule has 1 saturated heterocycles. The second-order valence-electron chi connectivity index (χ2n) is 7.25. The lowest BCUT2D eigenvalue weighted by atomic mass is 9.96. The minimum Gasteiger partial charge on any atom is -0.459 e. The van der Waals surface area contributed by atoms with Gasteiger partial charge in [-0.25, -0.2) is 0 Å². The molecule has 0 atom stereocenters. The van der Waals surface area contributed by atoms with Crippen molar-refractivity contribution in [2.24, 2.45) is 5.92 Å². The first-order valence-corrected chi connectivity index (χ1v) is 12.9. The summed E-state index contributed by atoms with van der Waals surface area (Å²) in [6.07, 6.45) is 2.79. The van der Waals surface area contributed by atoms with Crippen molar-refractivity contribution in [3.63, 3.8) is 0 Å². The molecule has 1 amide bonds. The van der Waals surface area contributed by atoms with Crippen LogP contribution in [0.1, 0.15) is 23.4 Å². The molecule has 4 aromatic heterocycles. The zero-order chi connectivity index (χ0) is 22.6. The second-order valence-corrected chi connectivity index (χ2v) is 10.5. The third kappa shape index (κ3) is 4.95. The van der Waals surface area contributed by atoms with E-state index >= 15 is 0 Å². The van der Waals surface area contributed by atoms with Crippen molar-refractivity contribution in [1.29, 1.82) is 5.26 Å². The number of carbonyl (C=O) groups is 1. The van der Waals surface area contributed by atoms with Gasteiger partial charge in [-0.05, 0) is 36.4 Å². The van der Waals surface area contributed by atoms with E-state index in [1.54, 1.807) is 35.2 Å². The molecule has 0 saturated carbocycles. The minimum absolute atomic E-state index is 0.0602. The maximum atomic E-state index is 12.8. The number of hydrogen-bond donors (Lipinski definition) is 1. The molecule has 33 heavy (non-hydrogen) atoms. The summed E-state index contributed by atoms with van der Waals surface area (Å²) in [6, 6.07) is 9.66. The number of carbonyl (C=O) groups excluding carboxylic acids is 1. The smallest absolute Gasteiger partial charge is 0.266 e. The number of oxazole rings is 1. The first kappa shape index (κ1) is 21.7. The molecular weight excluding hydrogens is 480 g/mol. The molecule has 5 heterocycles. The van der Waals surface area contributed by atoms with Gasteiger partial charge in [0.05, 0.1) is 6.26 Å². The number of aromatic nitrogens is 3. The average molecular weight is 499 g/mol. The van der Waals surface area contributed by atoms with Crippen molar-refractivity contribution in [3.05, 3.63) is 46.5 Å². The quantitative estimate of drug-likeness (QED) is 0.281. The Morgan fingerprint density at radius 1 is 1.30 bits per heavy atom. The monoisotopic (exact) mass is 498 g/mol. The van der Waals surface area contributed by atoms with Crippen molar-refractivity contribution < 1.29 is 13.6 Å². The Labute approximate surface area is 201 Å². The first-order valence-electron chi connectivity index (χ1n) is 10.2. The molecule has 1 aliphatic heterocycles. The molecule has 168 valence electrons. The molecular formula is C21H18N6O3S3. The number of thioether (sulfide) groups is 1. The Hall–Kier alpha value is -3.14. The number of nitriles is 1. The molecule has 0 radical (unpaired) electrons. The number of nitrogens with zero attached hydrogens (tertiary/aromatic N) is 5. The third-order valence-electron chi connectivity index (χ3n) is 5.15. The Kier molecular flexibility index (Phi) is 6.43. The molecule has 0 spiro atoms. The van der Waals surface area contributed by atoms with Gasteiger partial charge in [0.15, 0.2) is 10.1 Å². The van der Waals surface area contributed by atoms with Crippen LogP contribution in [0.2, 0.25) is 0 Å². The van der Waals surface area contributed by atoms with E-state index in [9.17, 15) is 10.1 Å². The van der Waals surface area contributed by atoms with Crippen LogP contribution in [-0.2, 0) is 10.5 Å². The van der Waals surface area contributed by atoms with Gasteiger partial charge in [-0.15, -0.1) is 21.5 Å². The van der Waals surface area contributed by atoms with E-state index in [2.05, 4.69) is 38.0 Å².